The number of hydrogen-bond acceptors (Lipinski definition) is 8. The van der Waals surface area contributed by atoms with Gasteiger partial charge in [0.05, 0.1) is 15.7 Å². The van der Waals surface area contributed by atoms with Gasteiger partial charge in [0, 0.05) is 70.2 Å². The molecule has 2 aromatic heterocycles. The summed E-state index contributed by atoms with van der Waals surface area (Å²) in [7, 11) is 0. The molecule has 3 amide bonds. The van der Waals surface area contributed by atoms with Crippen LogP contribution in [0.5, 0.6) is 0 Å². The molecule has 1 aliphatic heterocycles. The molecule has 0 spiro atoms. The van der Waals surface area contributed by atoms with Gasteiger partial charge in [-0.25, -0.2) is 9.97 Å². The van der Waals surface area contributed by atoms with E-state index in [1.165, 1.54) is 30.3 Å². The van der Waals surface area contributed by atoms with E-state index in [0.29, 0.717) is 66.6 Å². The van der Waals surface area contributed by atoms with Crippen molar-refractivity contribution in [2.75, 3.05) is 54.8 Å². The van der Waals surface area contributed by atoms with Gasteiger partial charge in [0.15, 0.2) is 5.82 Å². The number of piperazine rings is 1. The standard InChI is InChI=1S/C25H26Cl2N8O3/c1-16(36)29-7-8-30-20-13-21(32-23(31-20)17-5-3-2-4-6-17)33-24(37)25(38)35-11-9-34(10-12-35)22-18(26)14-28-15-19(22)27/h2-6,13-15H,7-12H2,1H3,(H,29,36)(H2,30,31,32,33,37). The van der Waals surface area contributed by atoms with Crippen molar-refractivity contribution in [3.63, 3.8) is 0 Å². The lowest BCUT2D eigenvalue weighted by Crippen LogP contribution is -2.51. The average Bonchev–Trinajstić information content (AvgIpc) is 2.91. The third-order valence-electron chi connectivity index (χ3n) is 5.71. The van der Waals surface area contributed by atoms with Gasteiger partial charge in [-0.1, -0.05) is 53.5 Å². The Bertz CT molecular complexity index is 1300. The predicted molar refractivity (Wildman–Crippen MR) is 146 cm³/mol. The van der Waals surface area contributed by atoms with Crippen LogP contribution in [0.25, 0.3) is 11.4 Å². The summed E-state index contributed by atoms with van der Waals surface area (Å²) in [5, 5.41) is 9.25. The molecule has 198 valence electrons. The Hall–Kier alpha value is -3.96. The highest BCUT2D eigenvalue weighted by Crippen LogP contribution is 2.33. The Morgan fingerprint density at radius 2 is 1.58 bits per heavy atom. The lowest BCUT2D eigenvalue weighted by atomic mass is 10.2. The van der Waals surface area contributed by atoms with Gasteiger partial charge in [-0.15, -0.1) is 0 Å². The van der Waals surface area contributed by atoms with Gasteiger partial charge in [-0.2, -0.15) is 0 Å². The summed E-state index contributed by atoms with van der Waals surface area (Å²) in [5.74, 6) is -0.631. The molecule has 3 N–H and O–H groups in total. The summed E-state index contributed by atoms with van der Waals surface area (Å²) >= 11 is 12.5. The molecule has 0 aliphatic carbocycles. The van der Waals surface area contributed by atoms with Crippen molar-refractivity contribution in [2.24, 2.45) is 0 Å². The molecular weight excluding hydrogens is 531 g/mol. The number of benzene rings is 1. The van der Waals surface area contributed by atoms with Crippen LogP contribution in [0.2, 0.25) is 10.0 Å². The van der Waals surface area contributed by atoms with Gasteiger partial charge in [-0.05, 0) is 0 Å². The van der Waals surface area contributed by atoms with Crippen molar-refractivity contribution in [3.05, 3.63) is 58.8 Å². The lowest BCUT2D eigenvalue weighted by Gasteiger charge is -2.36. The molecule has 0 radical (unpaired) electrons. The monoisotopic (exact) mass is 556 g/mol. The first-order valence-corrected chi connectivity index (χ1v) is 12.6. The minimum atomic E-state index is -0.805. The highest BCUT2D eigenvalue weighted by atomic mass is 35.5. The number of anilines is 3. The van der Waals surface area contributed by atoms with Gasteiger partial charge in [0.2, 0.25) is 5.91 Å². The molecule has 1 aliphatic rings. The molecule has 0 bridgehead atoms. The molecule has 13 heteroatoms. The third-order valence-corrected chi connectivity index (χ3v) is 6.26. The van der Waals surface area contributed by atoms with E-state index < -0.39 is 11.8 Å². The average molecular weight is 557 g/mol. The molecule has 0 unspecified atom stereocenters. The van der Waals surface area contributed by atoms with Crippen LogP contribution in [0.15, 0.2) is 48.8 Å². The maximum absolute atomic E-state index is 12.9. The number of carbonyl (C=O) groups is 3. The van der Waals surface area contributed by atoms with Crippen molar-refractivity contribution in [2.45, 2.75) is 6.92 Å². The number of nitrogens with one attached hydrogen (secondary N) is 3. The fourth-order valence-electron chi connectivity index (χ4n) is 3.90. The van der Waals surface area contributed by atoms with Gasteiger partial charge in [-0.3, -0.25) is 19.4 Å². The zero-order valence-electron chi connectivity index (χ0n) is 20.6. The smallest absolute Gasteiger partial charge is 0.315 e. The van der Waals surface area contributed by atoms with E-state index in [9.17, 15) is 14.4 Å². The fourth-order valence-corrected chi connectivity index (χ4v) is 4.50. The van der Waals surface area contributed by atoms with Crippen LogP contribution < -0.4 is 20.9 Å². The number of pyridine rings is 1. The van der Waals surface area contributed by atoms with Crippen molar-refractivity contribution in [1.29, 1.82) is 0 Å². The van der Waals surface area contributed by atoms with Gasteiger partial charge in [0.1, 0.15) is 11.6 Å². The first-order chi connectivity index (χ1) is 18.3. The quantitative estimate of drug-likeness (QED) is 0.299. The van der Waals surface area contributed by atoms with E-state index >= 15 is 0 Å². The zero-order valence-corrected chi connectivity index (χ0v) is 22.1. The summed E-state index contributed by atoms with van der Waals surface area (Å²) in [4.78, 5) is 53.3. The minimum Gasteiger partial charge on any atom is -0.368 e. The van der Waals surface area contributed by atoms with Crippen LogP contribution in [-0.4, -0.2) is 76.8 Å². The maximum Gasteiger partial charge on any atom is 0.315 e. The zero-order chi connectivity index (χ0) is 27.1. The normalized spacial score (nSPS) is 13.1. The molecule has 3 heterocycles. The molecule has 38 heavy (non-hydrogen) atoms. The number of amides is 3. The predicted octanol–water partition coefficient (Wildman–Crippen LogP) is 2.68. The molecule has 11 nitrogen and oxygen atoms in total. The number of aromatic nitrogens is 3. The van der Waals surface area contributed by atoms with Crippen LogP contribution in [0.1, 0.15) is 6.92 Å². The molecule has 0 atom stereocenters. The Kier molecular flexibility index (Phi) is 8.93. The van der Waals surface area contributed by atoms with Crippen molar-refractivity contribution >= 4 is 58.2 Å². The van der Waals surface area contributed by atoms with Crippen molar-refractivity contribution < 1.29 is 14.4 Å². The molecule has 0 saturated carbocycles. The summed E-state index contributed by atoms with van der Waals surface area (Å²) < 4.78 is 0. The Labute approximate surface area is 229 Å². The number of nitrogens with zero attached hydrogens (tertiary/aromatic N) is 5. The van der Waals surface area contributed by atoms with Crippen LogP contribution in [0.3, 0.4) is 0 Å². The molecule has 3 aromatic rings. The molecule has 1 fully saturated rings. The van der Waals surface area contributed by atoms with E-state index in [2.05, 4.69) is 30.9 Å². The van der Waals surface area contributed by atoms with E-state index in [-0.39, 0.29) is 11.7 Å². The van der Waals surface area contributed by atoms with Gasteiger partial charge in [0.25, 0.3) is 0 Å². The Morgan fingerprint density at radius 3 is 2.24 bits per heavy atom. The fraction of sp³-hybridized carbons (Fsp3) is 0.280. The summed E-state index contributed by atoms with van der Waals surface area (Å²) in [6.07, 6.45) is 3.03. The van der Waals surface area contributed by atoms with E-state index in [4.69, 9.17) is 23.2 Å². The van der Waals surface area contributed by atoms with Crippen LogP contribution >= 0.6 is 23.2 Å². The SMILES string of the molecule is CC(=O)NCCNc1cc(NC(=O)C(=O)N2CCN(c3c(Cl)cncc3Cl)CC2)nc(-c2ccccc2)n1. The van der Waals surface area contributed by atoms with Crippen LogP contribution in [0, 0.1) is 0 Å². The van der Waals surface area contributed by atoms with E-state index in [1.54, 1.807) is 0 Å². The first-order valence-electron chi connectivity index (χ1n) is 11.9. The van der Waals surface area contributed by atoms with E-state index in [0.717, 1.165) is 5.56 Å². The molecule has 1 aromatic carbocycles. The number of carbonyl (C=O) groups excluding carboxylic acids is 3. The summed E-state index contributed by atoms with van der Waals surface area (Å²) in [6.45, 7) is 3.78. The summed E-state index contributed by atoms with van der Waals surface area (Å²) in [5.41, 5.74) is 1.40. The topological polar surface area (TPSA) is 132 Å². The minimum absolute atomic E-state index is 0.140. The highest BCUT2D eigenvalue weighted by Gasteiger charge is 2.28. The second kappa shape index (κ2) is 12.5. The lowest BCUT2D eigenvalue weighted by molar-refractivity contribution is -0.143. The third kappa shape index (κ3) is 6.87. The Morgan fingerprint density at radius 1 is 0.921 bits per heavy atom. The highest BCUT2D eigenvalue weighted by molar-refractivity contribution is 6.40. The maximum atomic E-state index is 12.9. The number of rotatable bonds is 7. The van der Waals surface area contributed by atoms with Crippen molar-refractivity contribution in [3.8, 4) is 11.4 Å². The first kappa shape index (κ1) is 27.1. The van der Waals surface area contributed by atoms with Crippen LogP contribution in [-0.2, 0) is 14.4 Å². The van der Waals surface area contributed by atoms with E-state index in [1.807, 2.05) is 35.2 Å². The molecular formula is C25H26Cl2N8O3. The molecule has 4 rings (SSSR count). The second-order valence-electron chi connectivity index (χ2n) is 8.42. The number of halogens is 2. The number of hydrogen-bond donors (Lipinski definition) is 3. The van der Waals surface area contributed by atoms with Gasteiger partial charge < -0.3 is 25.8 Å². The van der Waals surface area contributed by atoms with Gasteiger partial charge >= 0.3 is 11.8 Å². The molecule has 1 saturated heterocycles. The summed E-state index contributed by atoms with van der Waals surface area (Å²) in [6, 6.07) is 10.8. The van der Waals surface area contributed by atoms with Crippen LogP contribution in [0.4, 0.5) is 17.3 Å². The largest absolute Gasteiger partial charge is 0.368 e. The second-order valence-corrected chi connectivity index (χ2v) is 9.24. The van der Waals surface area contributed by atoms with Crippen molar-refractivity contribution in [1.82, 2.24) is 25.2 Å². The Balaban J connectivity index is 1.43.